The monoisotopic (exact) mass is 365 g/mol. The molecule has 1 aliphatic rings. The molecule has 0 fully saturated rings. The number of carbonyl (C=O) groups is 1. The van der Waals surface area contributed by atoms with Gasteiger partial charge in [0.05, 0.1) is 21.3 Å². The average molecular weight is 365 g/mol. The first-order valence-corrected chi connectivity index (χ1v) is 8.19. The minimum atomic E-state index is -0.501. The zero-order valence-corrected chi connectivity index (χ0v) is 15.3. The van der Waals surface area contributed by atoms with Crippen LogP contribution < -0.4 is 14.2 Å². The number of nitrogens with zero attached hydrogens (tertiary/aromatic N) is 1. The van der Waals surface area contributed by atoms with Gasteiger partial charge < -0.3 is 18.9 Å². The predicted octanol–water partition coefficient (Wildman–Crippen LogP) is 3.72. The summed E-state index contributed by atoms with van der Waals surface area (Å²) >= 11 is 0. The van der Waals surface area contributed by atoms with Crippen LogP contribution in [0.15, 0.2) is 59.2 Å². The number of esters is 1. The molecule has 0 N–H and O–H groups in total. The Morgan fingerprint density at radius 1 is 0.852 bits per heavy atom. The minimum absolute atomic E-state index is 0.219. The third-order valence-corrected chi connectivity index (χ3v) is 3.88. The Bertz CT molecular complexity index is 926. The summed E-state index contributed by atoms with van der Waals surface area (Å²) in [5, 5.41) is 0. The molecule has 27 heavy (non-hydrogen) atoms. The first-order chi connectivity index (χ1) is 13.1. The molecule has 0 saturated heterocycles. The Labute approximate surface area is 157 Å². The topological polar surface area (TPSA) is 66.3 Å². The van der Waals surface area contributed by atoms with Gasteiger partial charge in [0.15, 0.2) is 17.2 Å². The first kappa shape index (κ1) is 18.3. The molecule has 138 valence electrons. The van der Waals surface area contributed by atoms with E-state index in [1.165, 1.54) is 0 Å². The van der Waals surface area contributed by atoms with Crippen molar-refractivity contribution in [3.63, 3.8) is 0 Å². The third-order valence-electron chi connectivity index (χ3n) is 3.88. The molecular formula is C21H19NO5. The van der Waals surface area contributed by atoms with Gasteiger partial charge in [-0.15, -0.1) is 0 Å². The van der Waals surface area contributed by atoms with Crippen LogP contribution in [0.2, 0.25) is 0 Å². The summed E-state index contributed by atoms with van der Waals surface area (Å²) in [6.07, 6.45) is 5.10. The van der Waals surface area contributed by atoms with Crippen LogP contribution in [0.3, 0.4) is 0 Å². The van der Waals surface area contributed by atoms with Gasteiger partial charge in [-0.2, -0.15) is 0 Å². The third kappa shape index (κ3) is 4.36. The number of carbonyl (C=O) groups excluding carboxylic acids is 1. The Morgan fingerprint density at radius 2 is 1.56 bits per heavy atom. The molecule has 0 amide bonds. The Hall–Kier alpha value is -3.54. The van der Waals surface area contributed by atoms with Crippen molar-refractivity contribution in [2.24, 2.45) is 4.99 Å². The Balaban J connectivity index is 1.79. The van der Waals surface area contributed by atoms with Gasteiger partial charge in [0.1, 0.15) is 5.75 Å². The van der Waals surface area contributed by atoms with Gasteiger partial charge in [-0.05, 0) is 47.5 Å². The highest BCUT2D eigenvalue weighted by molar-refractivity contribution is 6.11. The molecule has 2 aromatic carbocycles. The average Bonchev–Trinajstić information content (AvgIpc) is 3.06. The summed E-state index contributed by atoms with van der Waals surface area (Å²) in [5.41, 5.74) is 1.91. The second kappa shape index (κ2) is 8.23. The van der Waals surface area contributed by atoms with Gasteiger partial charge in [0.25, 0.3) is 0 Å². The summed E-state index contributed by atoms with van der Waals surface area (Å²) in [6, 6.07) is 12.8. The maximum absolute atomic E-state index is 12.1. The lowest BCUT2D eigenvalue weighted by Crippen LogP contribution is -2.01. The largest absolute Gasteiger partial charge is 0.497 e. The summed E-state index contributed by atoms with van der Waals surface area (Å²) in [4.78, 5) is 16.3. The van der Waals surface area contributed by atoms with Gasteiger partial charge in [0, 0.05) is 6.08 Å². The van der Waals surface area contributed by atoms with E-state index in [0.29, 0.717) is 11.5 Å². The van der Waals surface area contributed by atoms with Crippen LogP contribution in [0.25, 0.3) is 12.2 Å². The van der Waals surface area contributed by atoms with Crippen molar-refractivity contribution < 1.29 is 23.7 Å². The number of hydrogen-bond acceptors (Lipinski definition) is 6. The van der Waals surface area contributed by atoms with E-state index in [1.54, 1.807) is 45.6 Å². The van der Waals surface area contributed by atoms with E-state index in [-0.39, 0.29) is 11.6 Å². The van der Waals surface area contributed by atoms with Crippen LogP contribution in [0.5, 0.6) is 17.2 Å². The fourth-order valence-corrected chi connectivity index (χ4v) is 2.48. The van der Waals surface area contributed by atoms with Gasteiger partial charge in [-0.25, -0.2) is 9.79 Å². The van der Waals surface area contributed by atoms with E-state index in [0.717, 1.165) is 16.9 Å². The van der Waals surface area contributed by atoms with Crippen molar-refractivity contribution in [2.45, 2.75) is 0 Å². The van der Waals surface area contributed by atoms with Crippen molar-refractivity contribution in [1.82, 2.24) is 0 Å². The van der Waals surface area contributed by atoms with E-state index >= 15 is 0 Å². The highest BCUT2D eigenvalue weighted by Gasteiger charge is 2.21. The molecule has 1 heterocycles. The van der Waals surface area contributed by atoms with Crippen molar-refractivity contribution in [2.75, 3.05) is 21.3 Å². The normalized spacial score (nSPS) is 15.0. The molecule has 0 aromatic heterocycles. The molecule has 3 rings (SSSR count). The van der Waals surface area contributed by atoms with Crippen molar-refractivity contribution in [3.8, 4) is 17.2 Å². The molecule has 0 radical (unpaired) electrons. The van der Waals surface area contributed by atoms with E-state index in [2.05, 4.69) is 4.99 Å². The SMILES string of the molecule is COc1ccc(/C=C/C2=NC(=C\c3ccc(OC)c(OC)c3)/C(=O)O2)cc1. The first-order valence-electron chi connectivity index (χ1n) is 8.19. The summed E-state index contributed by atoms with van der Waals surface area (Å²) < 4.78 is 20.8. The molecular weight excluding hydrogens is 346 g/mol. The van der Waals surface area contributed by atoms with E-state index in [4.69, 9.17) is 18.9 Å². The highest BCUT2D eigenvalue weighted by atomic mass is 16.6. The van der Waals surface area contributed by atoms with Crippen LogP contribution in [-0.2, 0) is 9.53 Å². The van der Waals surface area contributed by atoms with Crippen molar-refractivity contribution in [3.05, 3.63) is 65.4 Å². The van der Waals surface area contributed by atoms with Crippen LogP contribution in [0.4, 0.5) is 0 Å². The lowest BCUT2D eigenvalue weighted by Gasteiger charge is -2.07. The zero-order valence-electron chi connectivity index (χ0n) is 15.3. The summed E-state index contributed by atoms with van der Waals surface area (Å²) in [5.74, 6) is 1.70. The number of hydrogen-bond donors (Lipinski definition) is 0. The van der Waals surface area contributed by atoms with Gasteiger partial charge in [-0.1, -0.05) is 18.2 Å². The van der Waals surface area contributed by atoms with Crippen LogP contribution in [0, 0.1) is 0 Å². The van der Waals surface area contributed by atoms with Crippen LogP contribution in [-0.4, -0.2) is 33.2 Å². The van der Waals surface area contributed by atoms with Gasteiger partial charge in [0.2, 0.25) is 5.90 Å². The van der Waals surface area contributed by atoms with Gasteiger partial charge >= 0.3 is 5.97 Å². The summed E-state index contributed by atoms with van der Waals surface area (Å²) in [6.45, 7) is 0. The predicted molar refractivity (Wildman–Crippen MR) is 103 cm³/mol. The fourth-order valence-electron chi connectivity index (χ4n) is 2.48. The molecule has 0 saturated carbocycles. The molecule has 2 aromatic rings. The van der Waals surface area contributed by atoms with Crippen molar-refractivity contribution >= 4 is 24.0 Å². The maximum atomic E-state index is 12.1. The molecule has 1 aliphatic heterocycles. The lowest BCUT2D eigenvalue weighted by molar-refractivity contribution is -0.129. The maximum Gasteiger partial charge on any atom is 0.363 e. The molecule has 0 unspecified atom stereocenters. The van der Waals surface area contributed by atoms with Crippen molar-refractivity contribution in [1.29, 1.82) is 0 Å². The lowest BCUT2D eigenvalue weighted by atomic mass is 10.1. The smallest absolute Gasteiger partial charge is 0.363 e. The number of ether oxygens (including phenoxy) is 4. The highest BCUT2D eigenvalue weighted by Crippen LogP contribution is 2.29. The fraction of sp³-hybridized carbons (Fsp3) is 0.143. The van der Waals surface area contributed by atoms with E-state index < -0.39 is 5.97 Å². The van der Waals surface area contributed by atoms with Crippen LogP contribution in [0.1, 0.15) is 11.1 Å². The number of aliphatic imine (C=N–C) groups is 1. The van der Waals surface area contributed by atoms with Gasteiger partial charge in [-0.3, -0.25) is 0 Å². The molecule has 6 heteroatoms. The molecule has 0 bridgehead atoms. The zero-order chi connectivity index (χ0) is 19.2. The second-order valence-electron chi connectivity index (χ2n) is 5.59. The standard InChI is InChI=1S/C21H19NO5/c1-24-16-8-4-14(5-9-16)7-11-20-22-17(21(23)27-20)12-15-6-10-18(25-2)19(13-15)26-3/h4-13H,1-3H3/b11-7+,17-12-. The molecule has 0 aliphatic carbocycles. The number of benzene rings is 2. The second-order valence-corrected chi connectivity index (χ2v) is 5.59. The Morgan fingerprint density at radius 3 is 2.22 bits per heavy atom. The molecule has 0 spiro atoms. The quantitative estimate of drug-likeness (QED) is 0.577. The Kier molecular flexibility index (Phi) is 5.56. The molecule has 0 atom stereocenters. The molecule has 6 nitrogen and oxygen atoms in total. The number of rotatable bonds is 6. The minimum Gasteiger partial charge on any atom is -0.497 e. The summed E-state index contributed by atoms with van der Waals surface area (Å²) in [7, 11) is 4.73. The number of cyclic esters (lactones) is 1. The van der Waals surface area contributed by atoms with Crippen LogP contribution >= 0.6 is 0 Å². The number of methoxy groups -OCH3 is 3. The van der Waals surface area contributed by atoms with E-state index in [9.17, 15) is 4.79 Å². The van der Waals surface area contributed by atoms with E-state index in [1.807, 2.05) is 36.4 Å².